The first-order valence-corrected chi connectivity index (χ1v) is 4.85. The predicted octanol–water partition coefficient (Wildman–Crippen LogP) is 0.543. The lowest BCUT2D eigenvalue weighted by atomic mass is 9.85. The van der Waals surface area contributed by atoms with Gasteiger partial charge < -0.3 is 15.2 Å². The summed E-state index contributed by atoms with van der Waals surface area (Å²) in [6.07, 6.45) is 5.29. The van der Waals surface area contributed by atoms with E-state index in [-0.39, 0.29) is 5.79 Å². The molecule has 0 radical (unpaired) electrons. The number of nitrogens with zero attached hydrogens (tertiary/aromatic N) is 2. The number of hydrogen-bond donors (Lipinski definition) is 1. The average molecular weight is 195 g/mol. The minimum Gasteiger partial charge on any atom is -0.396 e. The molecule has 1 aliphatic heterocycles. The van der Waals surface area contributed by atoms with Gasteiger partial charge in [-0.15, -0.1) is 0 Å². The molecule has 0 atom stereocenters. The zero-order chi connectivity index (χ0) is 9.60. The highest BCUT2D eigenvalue weighted by Crippen LogP contribution is 2.46. The van der Waals surface area contributed by atoms with E-state index in [1.165, 1.54) is 0 Å². The standard InChI is InChI=1S/C9H13N3O2/c10-7-5-11-12(6-7)8-3-9(4-8)13-1-2-14-9/h5-6,8H,1-4,10H2. The molecule has 2 fully saturated rings. The number of nitrogen functional groups attached to an aromatic ring is 1. The Morgan fingerprint density at radius 2 is 2.14 bits per heavy atom. The molecule has 2 aliphatic rings. The molecule has 1 aromatic rings. The SMILES string of the molecule is Nc1cnn(C2CC3(C2)OCCO3)c1. The molecule has 1 aliphatic carbocycles. The third-order valence-electron chi connectivity index (χ3n) is 2.90. The van der Waals surface area contributed by atoms with Crippen molar-refractivity contribution in [3.8, 4) is 0 Å². The van der Waals surface area contributed by atoms with E-state index in [9.17, 15) is 0 Å². The van der Waals surface area contributed by atoms with Crippen molar-refractivity contribution < 1.29 is 9.47 Å². The van der Waals surface area contributed by atoms with Crippen molar-refractivity contribution in [1.29, 1.82) is 0 Å². The maximum Gasteiger partial charge on any atom is 0.172 e. The van der Waals surface area contributed by atoms with E-state index in [1.807, 2.05) is 10.9 Å². The van der Waals surface area contributed by atoms with Crippen LogP contribution in [0.2, 0.25) is 0 Å². The van der Waals surface area contributed by atoms with Gasteiger partial charge in [-0.05, 0) is 0 Å². The fraction of sp³-hybridized carbons (Fsp3) is 0.667. The molecule has 76 valence electrons. The summed E-state index contributed by atoms with van der Waals surface area (Å²) in [5, 5.41) is 4.17. The molecule has 1 saturated heterocycles. The lowest BCUT2D eigenvalue weighted by Gasteiger charge is -2.42. The Labute approximate surface area is 81.8 Å². The first-order chi connectivity index (χ1) is 6.77. The highest BCUT2D eigenvalue weighted by Gasteiger charge is 2.50. The minimum atomic E-state index is -0.300. The first kappa shape index (κ1) is 8.26. The summed E-state index contributed by atoms with van der Waals surface area (Å²) >= 11 is 0. The largest absolute Gasteiger partial charge is 0.396 e. The van der Waals surface area contributed by atoms with Crippen molar-refractivity contribution in [2.75, 3.05) is 18.9 Å². The van der Waals surface area contributed by atoms with Crippen LogP contribution in [-0.4, -0.2) is 28.8 Å². The normalized spacial score (nSPS) is 25.4. The third-order valence-corrected chi connectivity index (χ3v) is 2.90. The van der Waals surface area contributed by atoms with Crippen LogP contribution >= 0.6 is 0 Å². The Balaban J connectivity index is 1.69. The minimum absolute atomic E-state index is 0.300. The van der Waals surface area contributed by atoms with E-state index in [4.69, 9.17) is 15.2 Å². The van der Waals surface area contributed by atoms with E-state index in [1.54, 1.807) is 6.20 Å². The molecule has 3 rings (SSSR count). The molecule has 0 unspecified atom stereocenters. The second-order valence-corrected chi connectivity index (χ2v) is 3.92. The van der Waals surface area contributed by atoms with Crippen LogP contribution in [-0.2, 0) is 9.47 Å². The van der Waals surface area contributed by atoms with Gasteiger partial charge in [0.05, 0.1) is 31.1 Å². The molecule has 2 N–H and O–H groups in total. The van der Waals surface area contributed by atoms with Crippen molar-refractivity contribution in [1.82, 2.24) is 9.78 Å². The van der Waals surface area contributed by atoms with Crippen LogP contribution in [0.1, 0.15) is 18.9 Å². The number of aromatic nitrogens is 2. The van der Waals surface area contributed by atoms with Crippen molar-refractivity contribution in [2.24, 2.45) is 0 Å². The average Bonchev–Trinajstić information content (AvgIpc) is 2.68. The molecule has 0 amide bonds. The van der Waals surface area contributed by atoms with Gasteiger partial charge in [0, 0.05) is 19.0 Å². The number of ether oxygens (including phenoxy) is 2. The summed E-state index contributed by atoms with van der Waals surface area (Å²) in [4.78, 5) is 0. The summed E-state index contributed by atoms with van der Waals surface area (Å²) in [6, 6.07) is 0.380. The van der Waals surface area contributed by atoms with Crippen molar-refractivity contribution in [3.63, 3.8) is 0 Å². The molecule has 1 saturated carbocycles. The van der Waals surface area contributed by atoms with Crippen LogP contribution in [0.25, 0.3) is 0 Å². The smallest absolute Gasteiger partial charge is 0.172 e. The fourth-order valence-electron chi connectivity index (χ4n) is 2.13. The third kappa shape index (κ3) is 1.13. The number of nitrogens with two attached hydrogens (primary N) is 1. The lowest BCUT2D eigenvalue weighted by Crippen LogP contribution is -2.45. The van der Waals surface area contributed by atoms with Gasteiger partial charge in [0.2, 0.25) is 0 Å². The molecular weight excluding hydrogens is 182 g/mol. The Kier molecular flexibility index (Phi) is 1.60. The molecule has 1 spiro atoms. The first-order valence-electron chi connectivity index (χ1n) is 4.85. The molecule has 0 bridgehead atoms. The second-order valence-electron chi connectivity index (χ2n) is 3.92. The van der Waals surface area contributed by atoms with Crippen LogP contribution < -0.4 is 5.73 Å². The van der Waals surface area contributed by atoms with Crippen molar-refractivity contribution >= 4 is 5.69 Å². The Bertz CT molecular complexity index is 336. The molecule has 5 heteroatoms. The van der Waals surface area contributed by atoms with E-state index >= 15 is 0 Å². The molecule has 5 nitrogen and oxygen atoms in total. The quantitative estimate of drug-likeness (QED) is 0.710. The number of rotatable bonds is 1. The van der Waals surface area contributed by atoms with Gasteiger partial charge in [-0.2, -0.15) is 5.10 Å². The molecular formula is C9H13N3O2. The fourth-order valence-corrected chi connectivity index (χ4v) is 2.13. The Hall–Kier alpha value is -1.07. The van der Waals surface area contributed by atoms with Gasteiger partial charge in [0.25, 0.3) is 0 Å². The molecule has 14 heavy (non-hydrogen) atoms. The number of hydrogen-bond acceptors (Lipinski definition) is 4. The summed E-state index contributed by atoms with van der Waals surface area (Å²) < 4.78 is 13.0. The highest BCUT2D eigenvalue weighted by molar-refractivity contribution is 5.30. The van der Waals surface area contributed by atoms with Crippen molar-refractivity contribution in [2.45, 2.75) is 24.7 Å². The monoisotopic (exact) mass is 195 g/mol. The Morgan fingerprint density at radius 1 is 1.43 bits per heavy atom. The van der Waals surface area contributed by atoms with E-state index in [2.05, 4.69) is 5.10 Å². The zero-order valence-electron chi connectivity index (χ0n) is 7.85. The van der Waals surface area contributed by atoms with Gasteiger partial charge in [0.15, 0.2) is 5.79 Å². The highest BCUT2D eigenvalue weighted by atomic mass is 16.7. The molecule has 2 heterocycles. The summed E-state index contributed by atoms with van der Waals surface area (Å²) in [6.45, 7) is 1.43. The zero-order valence-corrected chi connectivity index (χ0v) is 7.85. The second kappa shape index (κ2) is 2.71. The van der Waals surface area contributed by atoms with E-state index in [0.29, 0.717) is 24.9 Å². The molecule has 0 aromatic carbocycles. The van der Waals surface area contributed by atoms with E-state index in [0.717, 1.165) is 12.8 Å². The van der Waals surface area contributed by atoms with Crippen LogP contribution in [0.3, 0.4) is 0 Å². The topological polar surface area (TPSA) is 62.3 Å². The molecule has 1 aromatic heterocycles. The Morgan fingerprint density at radius 3 is 2.71 bits per heavy atom. The summed E-state index contributed by atoms with van der Waals surface area (Å²) in [7, 11) is 0. The van der Waals surface area contributed by atoms with Gasteiger partial charge in [-0.25, -0.2) is 0 Å². The lowest BCUT2D eigenvalue weighted by molar-refractivity contribution is -0.227. The van der Waals surface area contributed by atoms with Crippen LogP contribution in [0.4, 0.5) is 5.69 Å². The van der Waals surface area contributed by atoms with Crippen molar-refractivity contribution in [3.05, 3.63) is 12.4 Å². The van der Waals surface area contributed by atoms with Gasteiger partial charge in [0.1, 0.15) is 0 Å². The van der Waals surface area contributed by atoms with Gasteiger partial charge in [-0.1, -0.05) is 0 Å². The van der Waals surface area contributed by atoms with Crippen LogP contribution in [0.5, 0.6) is 0 Å². The van der Waals surface area contributed by atoms with Gasteiger partial charge >= 0.3 is 0 Å². The van der Waals surface area contributed by atoms with Crippen LogP contribution in [0, 0.1) is 0 Å². The predicted molar refractivity (Wildman–Crippen MR) is 49.5 cm³/mol. The van der Waals surface area contributed by atoms with Crippen LogP contribution in [0.15, 0.2) is 12.4 Å². The maximum absolute atomic E-state index is 5.59. The number of anilines is 1. The van der Waals surface area contributed by atoms with E-state index < -0.39 is 0 Å². The van der Waals surface area contributed by atoms with Gasteiger partial charge in [-0.3, -0.25) is 4.68 Å². The maximum atomic E-state index is 5.59. The summed E-state index contributed by atoms with van der Waals surface area (Å²) in [5.41, 5.74) is 6.30. The summed E-state index contributed by atoms with van der Waals surface area (Å²) in [5.74, 6) is -0.300.